The van der Waals surface area contributed by atoms with E-state index >= 15 is 0 Å². The number of carboxylic acids is 1. The van der Waals surface area contributed by atoms with E-state index in [-0.39, 0.29) is 0 Å². The second kappa shape index (κ2) is 6.13. The summed E-state index contributed by atoms with van der Waals surface area (Å²) in [4.78, 5) is 11.1. The number of aliphatic hydroxyl groups is 3. The lowest BCUT2D eigenvalue weighted by molar-refractivity contribution is -0.270. The maximum Gasteiger partial charge on any atom is 0.335 e. The molecule has 122 valence electrons. The Balaban J connectivity index is 1.90. The van der Waals surface area contributed by atoms with Gasteiger partial charge in [-0.3, -0.25) is 0 Å². The standard InChI is InChI=1S/C16H16O7/c17-11-12(18)14(15(20)21)23-16(13(11)19)22-10-7-3-5-8-4-1-2-6-9(8)10/h1-7,11-14,16-19H,(H,20,21)/t11-,12-,13+,14-,16-/m0/s1. The van der Waals surface area contributed by atoms with Crippen LogP contribution in [0.3, 0.4) is 0 Å². The van der Waals surface area contributed by atoms with E-state index in [9.17, 15) is 20.1 Å². The predicted octanol–water partition coefficient (Wildman–Crippen LogP) is 0.111. The molecule has 1 fully saturated rings. The van der Waals surface area contributed by atoms with Crippen LogP contribution >= 0.6 is 0 Å². The molecule has 4 N–H and O–H groups in total. The summed E-state index contributed by atoms with van der Waals surface area (Å²) < 4.78 is 10.7. The number of aliphatic hydroxyl groups excluding tert-OH is 3. The van der Waals surface area contributed by atoms with Gasteiger partial charge in [-0.2, -0.15) is 0 Å². The van der Waals surface area contributed by atoms with Crippen LogP contribution in [0.1, 0.15) is 0 Å². The molecule has 2 aromatic rings. The first kappa shape index (κ1) is 15.7. The van der Waals surface area contributed by atoms with Gasteiger partial charge >= 0.3 is 5.97 Å². The molecule has 1 saturated heterocycles. The van der Waals surface area contributed by atoms with E-state index in [0.29, 0.717) is 5.75 Å². The van der Waals surface area contributed by atoms with Crippen LogP contribution in [0.4, 0.5) is 0 Å². The second-order valence-electron chi connectivity index (χ2n) is 5.33. The monoisotopic (exact) mass is 320 g/mol. The van der Waals surface area contributed by atoms with Gasteiger partial charge in [-0.25, -0.2) is 4.79 Å². The van der Waals surface area contributed by atoms with Gasteiger partial charge in [-0.1, -0.05) is 36.4 Å². The molecule has 0 spiro atoms. The van der Waals surface area contributed by atoms with Crippen molar-refractivity contribution >= 4 is 16.7 Å². The first-order chi connectivity index (χ1) is 11.0. The van der Waals surface area contributed by atoms with Gasteiger partial charge in [0.1, 0.15) is 24.1 Å². The van der Waals surface area contributed by atoms with Crippen LogP contribution in [0.2, 0.25) is 0 Å². The Hall–Kier alpha value is -2.19. The third-order valence-corrected chi connectivity index (χ3v) is 3.81. The van der Waals surface area contributed by atoms with Crippen LogP contribution in [0.25, 0.3) is 10.8 Å². The number of aliphatic carboxylic acids is 1. The van der Waals surface area contributed by atoms with Crippen molar-refractivity contribution in [3.8, 4) is 5.75 Å². The van der Waals surface area contributed by atoms with Gasteiger partial charge in [0.25, 0.3) is 0 Å². The molecule has 0 aromatic heterocycles. The maximum absolute atomic E-state index is 11.1. The lowest BCUT2D eigenvalue weighted by Gasteiger charge is -2.38. The predicted molar refractivity (Wildman–Crippen MR) is 78.9 cm³/mol. The highest BCUT2D eigenvalue weighted by molar-refractivity contribution is 5.88. The zero-order valence-electron chi connectivity index (χ0n) is 11.9. The molecule has 23 heavy (non-hydrogen) atoms. The fourth-order valence-electron chi connectivity index (χ4n) is 2.57. The number of ether oxygens (including phenoxy) is 2. The lowest BCUT2D eigenvalue weighted by Crippen LogP contribution is -2.61. The van der Waals surface area contributed by atoms with Gasteiger partial charge in [0.05, 0.1) is 0 Å². The van der Waals surface area contributed by atoms with E-state index in [0.717, 1.165) is 10.8 Å². The van der Waals surface area contributed by atoms with E-state index < -0.39 is 36.7 Å². The Bertz CT molecular complexity index is 711. The number of hydrogen-bond acceptors (Lipinski definition) is 6. The zero-order chi connectivity index (χ0) is 16.6. The summed E-state index contributed by atoms with van der Waals surface area (Å²) in [6, 6.07) is 12.6. The highest BCUT2D eigenvalue weighted by Gasteiger charge is 2.48. The van der Waals surface area contributed by atoms with Crippen molar-refractivity contribution in [2.45, 2.75) is 30.7 Å². The van der Waals surface area contributed by atoms with Crippen molar-refractivity contribution in [2.24, 2.45) is 0 Å². The summed E-state index contributed by atoms with van der Waals surface area (Å²) in [6.07, 6.45) is -8.12. The first-order valence-corrected chi connectivity index (χ1v) is 7.06. The normalized spacial score (nSPS) is 31.0. The molecular weight excluding hydrogens is 304 g/mol. The highest BCUT2D eigenvalue weighted by Crippen LogP contribution is 2.29. The quantitative estimate of drug-likeness (QED) is 0.634. The molecule has 5 atom stereocenters. The van der Waals surface area contributed by atoms with Gasteiger partial charge in [-0.15, -0.1) is 0 Å². The molecule has 0 unspecified atom stereocenters. The van der Waals surface area contributed by atoms with Gasteiger partial charge in [0, 0.05) is 5.39 Å². The summed E-state index contributed by atoms with van der Waals surface area (Å²) in [5.74, 6) is -1.07. The van der Waals surface area contributed by atoms with Crippen molar-refractivity contribution < 1.29 is 34.7 Å². The average molecular weight is 320 g/mol. The van der Waals surface area contributed by atoms with Gasteiger partial charge in [-0.05, 0) is 11.5 Å². The van der Waals surface area contributed by atoms with Crippen LogP contribution in [-0.2, 0) is 9.53 Å². The summed E-state index contributed by atoms with van der Waals surface area (Å²) in [6.45, 7) is 0. The lowest BCUT2D eigenvalue weighted by atomic mass is 9.99. The van der Waals surface area contributed by atoms with E-state index in [1.54, 1.807) is 18.2 Å². The van der Waals surface area contributed by atoms with Crippen molar-refractivity contribution in [3.05, 3.63) is 42.5 Å². The molecular formula is C16H16O7. The Morgan fingerprint density at radius 1 is 0.957 bits per heavy atom. The van der Waals surface area contributed by atoms with Crippen molar-refractivity contribution in [2.75, 3.05) is 0 Å². The number of carbonyl (C=O) groups is 1. The third-order valence-electron chi connectivity index (χ3n) is 3.81. The Labute approximate surface area is 131 Å². The topological polar surface area (TPSA) is 116 Å². The first-order valence-electron chi connectivity index (χ1n) is 7.06. The minimum absolute atomic E-state index is 0.375. The number of benzene rings is 2. The van der Waals surface area contributed by atoms with Crippen molar-refractivity contribution in [1.82, 2.24) is 0 Å². The van der Waals surface area contributed by atoms with Crippen LogP contribution < -0.4 is 4.74 Å². The molecule has 2 aromatic carbocycles. The van der Waals surface area contributed by atoms with Gasteiger partial charge < -0.3 is 29.9 Å². The van der Waals surface area contributed by atoms with Crippen LogP contribution in [0, 0.1) is 0 Å². The summed E-state index contributed by atoms with van der Waals surface area (Å²) in [5, 5.41) is 40.1. The molecule has 0 bridgehead atoms. The van der Waals surface area contributed by atoms with E-state index in [2.05, 4.69) is 0 Å². The average Bonchev–Trinajstić information content (AvgIpc) is 2.55. The molecule has 3 rings (SSSR count). The molecule has 0 saturated carbocycles. The number of hydrogen-bond donors (Lipinski definition) is 4. The summed E-state index contributed by atoms with van der Waals surface area (Å²) in [7, 11) is 0. The molecule has 0 radical (unpaired) electrons. The number of rotatable bonds is 3. The minimum Gasteiger partial charge on any atom is -0.479 e. The van der Waals surface area contributed by atoms with E-state index in [1.807, 2.05) is 24.3 Å². The number of carboxylic acid groups (broad SMARTS) is 1. The second-order valence-corrected chi connectivity index (χ2v) is 5.33. The highest BCUT2D eigenvalue weighted by atomic mass is 16.7. The van der Waals surface area contributed by atoms with Crippen LogP contribution in [0.15, 0.2) is 42.5 Å². The molecule has 7 heteroatoms. The fraction of sp³-hybridized carbons (Fsp3) is 0.312. The number of fused-ring (bicyclic) bond motifs is 1. The Kier molecular flexibility index (Phi) is 4.18. The summed E-state index contributed by atoms with van der Waals surface area (Å²) in [5.41, 5.74) is 0. The molecule has 1 aliphatic rings. The molecule has 7 nitrogen and oxygen atoms in total. The zero-order valence-corrected chi connectivity index (χ0v) is 11.9. The molecule has 0 aliphatic carbocycles. The Morgan fingerprint density at radius 3 is 2.39 bits per heavy atom. The largest absolute Gasteiger partial charge is 0.479 e. The summed E-state index contributed by atoms with van der Waals surface area (Å²) >= 11 is 0. The minimum atomic E-state index is -1.74. The van der Waals surface area contributed by atoms with Crippen LogP contribution in [0.5, 0.6) is 5.75 Å². The SMILES string of the molecule is O=C(O)[C@H]1O[C@H](Oc2cccc3ccccc23)[C@H](O)[C@@H](O)[C@@H]1O. The fourth-order valence-corrected chi connectivity index (χ4v) is 2.57. The van der Waals surface area contributed by atoms with Crippen molar-refractivity contribution in [1.29, 1.82) is 0 Å². The smallest absolute Gasteiger partial charge is 0.335 e. The van der Waals surface area contributed by atoms with Gasteiger partial charge in [0.15, 0.2) is 6.10 Å². The van der Waals surface area contributed by atoms with Crippen LogP contribution in [-0.4, -0.2) is 57.1 Å². The molecule has 1 heterocycles. The van der Waals surface area contributed by atoms with Crippen molar-refractivity contribution in [3.63, 3.8) is 0 Å². The Morgan fingerprint density at radius 2 is 1.65 bits per heavy atom. The molecule has 1 aliphatic heterocycles. The van der Waals surface area contributed by atoms with Gasteiger partial charge in [0.2, 0.25) is 6.29 Å². The van der Waals surface area contributed by atoms with E-state index in [1.165, 1.54) is 0 Å². The maximum atomic E-state index is 11.1. The molecule has 0 amide bonds. The van der Waals surface area contributed by atoms with E-state index in [4.69, 9.17) is 14.6 Å². The third kappa shape index (κ3) is 2.87.